The molecule has 0 saturated heterocycles. The molecule has 0 bridgehead atoms. The summed E-state index contributed by atoms with van der Waals surface area (Å²) in [6, 6.07) is 0. The van der Waals surface area contributed by atoms with Gasteiger partial charge in [-0.15, -0.1) is 0 Å². The zero-order chi connectivity index (χ0) is 5.82. The average molecular weight is 155 g/mol. The van der Waals surface area contributed by atoms with Gasteiger partial charge in [0.2, 0.25) is 0 Å². The second kappa shape index (κ2) is 3.07. The molecule has 0 spiro atoms. The van der Waals surface area contributed by atoms with Crippen molar-refractivity contribution in [1.82, 2.24) is 0 Å². The van der Waals surface area contributed by atoms with Gasteiger partial charge in [-0.1, -0.05) is 0 Å². The molecule has 0 amide bonds. The fourth-order valence-corrected chi connectivity index (χ4v) is 1.28. The van der Waals surface area contributed by atoms with Crippen molar-refractivity contribution in [3.8, 4) is 0 Å². The Labute approximate surface area is 55.1 Å². The molecule has 0 aromatic carbocycles. The Morgan fingerprint density at radius 1 is 1.75 bits per heavy atom. The Kier molecular flexibility index (Phi) is 2.33. The summed E-state index contributed by atoms with van der Waals surface area (Å²) in [6.45, 7) is 0. The minimum absolute atomic E-state index is 0.243. The number of hydrogen-bond donors (Lipinski definition) is 1. The number of aliphatic hydroxyl groups excluding tert-OH is 1. The molecule has 8 heavy (non-hydrogen) atoms. The van der Waals surface area contributed by atoms with Crippen molar-refractivity contribution in [2.75, 3.05) is 5.54 Å². The topological polar surface area (TPSA) is 20.2 Å². The van der Waals surface area contributed by atoms with Gasteiger partial charge in [-0.25, -0.2) is 0 Å². The van der Waals surface area contributed by atoms with Gasteiger partial charge in [0.1, 0.15) is 0 Å². The first-order valence-corrected chi connectivity index (χ1v) is 3.70. The molecule has 0 atom stereocenters. The number of aliphatic hydroxyl groups is 1. The van der Waals surface area contributed by atoms with Gasteiger partial charge in [0.15, 0.2) is 0 Å². The molecule has 1 N–H and O–H groups in total. The molecule has 1 rings (SSSR count). The van der Waals surface area contributed by atoms with E-state index in [0.717, 1.165) is 21.1 Å². The van der Waals surface area contributed by atoms with Crippen molar-refractivity contribution in [3.63, 3.8) is 0 Å². The summed E-state index contributed by atoms with van der Waals surface area (Å²) in [7, 11) is 0. The zero-order valence-corrected chi connectivity index (χ0v) is 5.47. The summed E-state index contributed by atoms with van der Waals surface area (Å²) >= 11 is 1.06. The van der Waals surface area contributed by atoms with Crippen LogP contribution in [0, 0.1) is 0 Å². The molecule has 0 fully saturated rings. The van der Waals surface area contributed by atoms with E-state index >= 15 is 0 Å². The molecule has 0 aromatic heterocycles. The third kappa shape index (κ3) is 1.47. The number of hydrogen-bond acceptors (Lipinski definition) is 1. The predicted octanol–water partition coefficient (Wildman–Crippen LogP) is 0.862. The second-order valence-electron chi connectivity index (χ2n) is 1.42. The van der Waals surface area contributed by atoms with Crippen LogP contribution in [0.5, 0.6) is 0 Å². The van der Waals surface area contributed by atoms with E-state index in [0.29, 0.717) is 0 Å². The second-order valence-corrected chi connectivity index (χ2v) is 2.72. The van der Waals surface area contributed by atoms with Gasteiger partial charge in [-0.05, 0) is 0 Å². The SMILES string of the molecule is O[CH2][Co][C]1=CCC=C1. The van der Waals surface area contributed by atoms with E-state index in [9.17, 15) is 0 Å². The molecule has 0 aliphatic heterocycles. The molecule has 47 valence electrons. The van der Waals surface area contributed by atoms with Gasteiger partial charge in [0.25, 0.3) is 0 Å². The first-order valence-electron chi connectivity index (χ1n) is 2.45. The van der Waals surface area contributed by atoms with E-state index in [1.54, 1.807) is 0 Å². The summed E-state index contributed by atoms with van der Waals surface area (Å²) in [6.07, 6.45) is 7.31. The predicted molar refractivity (Wildman–Crippen MR) is 28.9 cm³/mol. The fourth-order valence-electron chi connectivity index (χ4n) is 0.567. The zero-order valence-electron chi connectivity index (χ0n) is 4.43. The Bertz CT molecular complexity index is 126. The Morgan fingerprint density at radius 3 is 3.12 bits per heavy atom. The van der Waals surface area contributed by atoms with Gasteiger partial charge < -0.3 is 0 Å². The van der Waals surface area contributed by atoms with Crippen LogP contribution in [0.2, 0.25) is 0 Å². The Balaban J connectivity index is 2.34. The molecule has 0 aromatic rings. The van der Waals surface area contributed by atoms with E-state index < -0.39 is 0 Å². The third-order valence-electron chi connectivity index (χ3n) is 0.898. The van der Waals surface area contributed by atoms with E-state index in [2.05, 4.69) is 18.2 Å². The average Bonchev–Trinajstić information content (AvgIpc) is 2.19. The van der Waals surface area contributed by atoms with E-state index in [-0.39, 0.29) is 5.54 Å². The Hall–Kier alpha value is -0.0535. The normalized spacial score (nSPS) is 17.4. The molecule has 0 saturated carbocycles. The van der Waals surface area contributed by atoms with Gasteiger partial charge in [-0.3, -0.25) is 0 Å². The Morgan fingerprint density at radius 2 is 2.62 bits per heavy atom. The monoisotopic (exact) mass is 155 g/mol. The summed E-state index contributed by atoms with van der Waals surface area (Å²) in [5.74, 6) is 0. The van der Waals surface area contributed by atoms with Gasteiger partial charge in [0, 0.05) is 0 Å². The first kappa shape index (κ1) is 6.07. The van der Waals surface area contributed by atoms with Gasteiger partial charge in [0.05, 0.1) is 0 Å². The molecular weight excluding hydrogens is 147 g/mol. The molecule has 2 heteroatoms. The van der Waals surface area contributed by atoms with Crippen LogP contribution in [0.3, 0.4) is 0 Å². The quantitative estimate of drug-likeness (QED) is 0.627. The van der Waals surface area contributed by atoms with E-state index in [1.165, 1.54) is 4.51 Å². The van der Waals surface area contributed by atoms with Gasteiger partial charge in [-0.2, -0.15) is 0 Å². The van der Waals surface area contributed by atoms with Crippen LogP contribution >= 0.6 is 0 Å². The van der Waals surface area contributed by atoms with Crippen LogP contribution in [0.25, 0.3) is 0 Å². The van der Waals surface area contributed by atoms with Crippen LogP contribution < -0.4 is 0 Å². The maximum atomic E-state index is 8.44. The number of rotatable bonds is 2. The summed E-state index contributed by atoms with van der Waals surface area (Å²) in [5.41, 5.74) is 0.243. The van der Waals surface area contributed by atoms with Crippen molar-refractivity contribution in [3.05, 3.63) is 22.7 Å². The van der Waals surface area contributed by atoms with Crippen LogP contribution in [-0.4, -0.2) is 10.6 Å². The van der Waals surface area contributed by atoms with Crippen molar-refractivity contribution in [1.29, 1.82) is 0 Å². The first-order chi connectivity index (χ1) is 3.93. The molecule has 0 radical (unpaired) electrons. The summed E-state index contributed by atoms with van der Waals surface area (Å²) in [5, 5.41) is 8.44. The van der Waals surface area contributed by atoms with Gasteiger partial charge >= 0.3 is 54.5 Å². The van der Waals surface area contributed by atoms with Crippen LogP contribution in [0.4, 0.5) is 0 Å². The molecule has 1 nitrogen and oxygen atoms in total. The standard InChI is InChI=1S/C5H5.CH3O.Co/c1-2-4-5-3-1;1-2;/h1-2,5H,3H2;2H,1H2;. The third-order valence-corrected chi connectivity index (χ3v) is 1.87. The van der Waals surface area contributed by atoms with Crippen molar-refractivity contribution >= 4 is 0 Å². The maximum absolute atomic E-state index is 8.44. The van der Waals surface area contributed by atoms with Crippen molar-refractivity contribution < 1.29 is 19.8 Å². The number of allylic oxidation sites excluding steroid dienone is 4. The van der Waals surface area contributed by atoms with Crippen LogP contribution in [0.1, 0.15) is 6.42 Å². The fraction of sp³-hybridized carbons (Fsp3) is 0.333. The van der Waals surface area contributed by atoms with E-state index in [4.69, 9.17) is 5.11 Å². The molecule has 0 unspecified atom stereocenters. The minimum atomic E-state index is 0.243. The summed E-state index contributed by atoms with van der Waals surface area (Å²) in [4.78, 5) is 0. The van der Waals surface area contributed by atoms with Crippen molar-refractivity contribution in [2.45, 2.75) is 6.42 Å². The molecule has 1 aliphatic carbocycles. The van der Waals surface area contributed by atoms with Crippen molar-refractivity contribution in [2.24, 2.45) is 0 Å². The summed E-state index contributed by atoms with van der Waals surface area (Å²) < 4.78 is 1.24. The van der Waals surface area contributed by atoms with Crippen LogP contribution in [-0.2, 0) is 14.7 Å². The van der Waals surface area contributed by atoms with Crippen LogP contribution in [0.15, 0.2) is 22.7 Å². The molecular formula is C6H8CoO. The molecule has 0 heterocycles. The van der Waals surface area contributed by atoms with E-state index in [1.807, 2.05) is 0 Å². The molecule has 1 aliphatic rings.